The molecule has 1 amide bonds. The summed E-state index contributed by atoms with van der Waals surface area (Å²) in [4.78, 5) is 16.5. The summed E-state index contributed by atoms with van der Waals surface area (Å²) in [6, 6.07) is 20.1. The number of rotatable bonds is 8. The maximum atomic E-state index is 11.8. The van der Waals surface area contributed by atoms with E-state index in [2.05, 4.69) is 40.2 Å². The molecule has 3 rings (SSSR count). The average molecular weight is 546 g/mol. The lowest BCUT2D eigenvalue weighted by Gasteiger charge is -2.12. The van der Waals surface area contributed by atoms with Crippen molar-refractivity contribution in [3.63, 3.8) is 0 Å². The molecule has 0 bridgehead atoms. The SMILES string of the molecule is CCNC(=NCc1ccc2cc(OC)ccc2c1)NCCc1cccc(C(=O)NC)c1.I. The van der Waals surface area contributed by atoms with Crippen molar-refractivity contribution in [2.45, 2.75) is 19.9 Å². The van der Waals surface area contributed by atoms with E-state index in [1.165, 1.54) is 5.39 Å². The Balaban J connectivity index is 0.00000363. The molecule has 7 heteroatoms. The van der Waals surface area contributed by atoms with Crippen LogP contribution in [0.3, 0.4) is 0 Å². The Morgan fingerprint density at radius 2 is 1.75 bits per heavy atom. The molecular formula is C25H31IN4O2. The number of hydrogen-bond acceptors (Lipinski definition) is 3. The first kappa shape index (κ1) is 25.5. The van der Waals surface area contributed by atoms with Gasteiger partial charge in [-0.1, -0.05) is 30.3 Å². The van der Waals surface area contributed by atoms with E-state index in [9.17, 15) is 4.79 Å². The second kappa shape index (κ2) is 12.9. The Labute approximate surface area is 206 Å². The number of nitrogens with one attached hydrogen (secondary N) is 3. The first-order valence-corrected chi connectivity index (χ1v) is 10.5. The largest absolute Gasteiger partial charge is 0.497 e. The number of nitrogens with zero attached hydrogens (tertiary/aromatic N) is 1. The fourth-order valence-electron chi connectivity index (χ4n) is 3.35. The molecule has 3 aromatic rings. The number of carbonyl (C=O) groups excluding carboxylic acids is 1. The van der Waals surface area contributed by atoms with Crippen LogP contribution in [0, 0.1) is 0 Å². The van der Waals surface area contributed by atoms with Gasteiger partial charge in [-0.15, -0.1) is 24.0 Å². The van der Waals surface area contributed by atoms with E-state index >= 15 is 0 Å². The van der Waals surface area contributed by atoms with Gasteiger partial charge in [0.2, 0.25) is 0 Å². The van der Waals surface area contributed by atoms with Gasteiger partial charge in [0, 0.05) is 25.7 Å². The third-order valence-electron chi connectivity index (χ3n) is 5.00. The van der Waals surface area contributed by atoms with Crippen molar-refractivity contribution in [3.05, 3.63) is 77.4 Å². The number of benzene rings is 3. The minimum Gasteiger partial charge on any atom is -0.497 e. The molecule has 0 atom stereocenters. The smallest absolute Gasteiger partial charge is 0.251 e. The molecule has 32 heavy (non-hydrogen) atoms. The Morgan fingerprint density at radius 3 is 2.50 bits per heavy atom. The predicted molar refractivity (Wildman–Crippen MR) is 142 cm³/mol. The molecule has 0 aliphatic carbocycles. The van der Waals surface area contributed by atoms with Crippen LogP contribution in [0.15, 0.2) is 65.7 Å². The zero-order valence-corrected chi connectivity index (χ0v) is 21.1. The number of carbonyl (C=O) groups is 1. The van der Waals surface area contributed by atoms with E-state index in [1.807, 2.05) is 43.3 Å². The van der Waals surface area contributed by atoms with E-state index in [0.29, 0.717) is 12.1 Å². The fourth-order valence-corrected chi connectivity index (χ4v) is 3.35. The van der Waals surface area contributed by atoms with Crippen LogP contribution in [0.25, 0.3) is 10.8 Å². The van der Waals surface area contributed by atoms with E-state index in [1.54, 1.807) is 14.2 Å². The number of aliphatic imine (C=N–C) groups is 1. The summed E-state index contributed by atoms with van der Waals surface area (Å²) in [5.74, 6) is 1.57. The molecule has 0 aliphatic rings. The van der Waals surface area contributed by atoms with Crippen LogP contribution in [0.4, 0.5) is 0 Å². The maximum absolute atomic E-state index is 11.8. The summed E-state index contributed by atoms with van der Waals surface area (Å²) >= 11 is 0. The highest BCUT2D eigenvalue weighted by Crippen LogP contribution is 2.22. The quantitative estimate of drug-likeness (QED) is 0.226. The first-order chi connectivity index (χ1) is 15.1. The van der Waals surface area contributed by atoms with Gasteiger partial charge >= 0.3 is 0 Å². The van der Waals surface area contributed by atoms with Gasteiger partial charge in [-0.05, 0) is 65.6 Å². The second-order valence-corrected chi connectivity index (χ2v) is 7.20. The third-order valence-corrected chi connectivity index (χ3v) is 5.00. The number of fused-ring (bicyclic) bond motifs is 1. The van der Waals surface area contributed by atoms with E-state index in [4.69, 9.17) is 9.73 Å². The van der Waals surface area contributed by atoms with Crippen LogP contribution in [0.5, 0.6) is 5.75 Å². The summed E-state index contributed by atoms with van der Waals surface area (Å²) < 4.78 is 5.29. The summed E-state index contributed by atoms with van der Waals surface area (Å²) in [5.41, 5.74) is 2.93. The van der Waals surface area contributed by atoms with Crippen LogP contribution in [0.2, 0.25) is 0 Å². The molecule has 0 heterocycles. The molecule has 0 aromatic heterocycles. The lowest BCUT2D eigenvalue weighted by atomic mass is 10.1. The van der Waals surface area contributed by atoms with Gasteiger partial charge < -0.3 is 20.7 Å². The molecule has 0 fully saturated rings. The minimum atomic E-state index is -0.0708. The maximum Gasteiger partial charge on any atom is 0.251 e. The first-order valence-electron chi connectivity index (χ1n) is 10.5. The summed E-state index contributed by atoms with van der Waals surface area (Å²) in [6.45, 7) is 4.15. The normalized spacial score (nSPS) is 10.9. The molecule has 0 unspecified atom stereocenters. The zero-order valence-electron chi connectivity index (χ0n) is 18.8. The number of amides is 1. The van der Waals surface area contributed by atoms with Crippen LogP contribution in [0.1, 0.15) is 28.4 Å². The van der Waals surface area contributed by atoms with Gasteiger partial charge in [0.25, 0.3) is 5.91 Å². The van der Waals surface area contributed by atoms with Gasteiger partial charge in [-0.2, -0.15) is 0 Å². The summed E-state index contributed by atoms with van der Waals surface area (Å²) in [6.07, 6.45) is 0.799. The van der Waals surface area contributed by atoms with Crippen LogP contribution >= 0.6 is 24.0 Å². The number of halogens is 1. The van der Waals surface area contributed by atoms with Crippen LogP contribution in [-0.2, 0) is 13.0 Å². The monoisotopic (exact) mass is 546 g/mol. The highest BCUT2D eigenvalue weighted by atomic mass is 127. The van der Waals surface area contributed by atoms with Crippen molar-refractivity contribution in [2.75, 3.05) is 27.2 Å². The highest BCUT2D eigenvalue weighted by Gasteiger charge is 2.04. The molecule has 0 spiro atoms. The zero-order chi connectivity index (χ0) is 22.1. The van der Waals surface area contributed by atoms with Gasteiger partial charge in [0.1, 0.15) is 5.75 Å². The average Bonchev–Trinajstić information content (AvgIpc) is 2.81. The van der Waals surface area contributed by atoms with Gasteiger partial charge in [-0.25, -0.2) is 4.99 Å². The van der Waals surface area contributed by atoms with Crippen LogP contribution in [-0.4, -0.2) is 39.1 Å². The molecule has 0 saturated carbocycles. The lowest BCUT2D eigenvalue weighted by molar-refractivity contribution is 0.0963. The summed E-state index contributed by atoms with van der Waals surface area (Å²) in [7, 11) is 3.32. The molecule has 170 valence electrons. The topological polar surface area (TPSA) is 74.8 Å². The van der Waals surface area contributed by atoms with E-state index in [0.717, 1.165) is 47.7 Å². The van der Waals surface area contributed by atoms with Crippen molar-refractivity contribution in [1.82, 2.24) is 16.0 Å². The van der Waals surface area contributed by atoms with Crippen molar-refractivity contribution in [3.8, 4) is 5.75 Å². The van der Waals surface area contributed by atoms with Gasteiger partial charge in [-0.3, -0.25) is 4.79 Å². The fraction of sp³-hybridized carbons (Fsp3) is 0.280. The molecular weight excluding hydrogens is 515 g/mol. The van der Waals surface area contributed by atoms with E-state index < -0.39 is 0 Å². The number of guanidine groups is 1. The third kappa shape index (κ3) is 7.12. The van der Waals surface area contributed by atoms with Gasteiger partial charge in [0.15, 0.2) is 5.96 Å². The second-order valence-electron chi connectivity index (χ2n) is 7.20. The Kier molecular flexibility index (Phi) is 10.3. The summed E-state index contributed by atoms with van der Waals surface area (Å²) in [5, 5.41) is 11.6. The van der Waals surface area contributed by atoms with Crippen molar-refractivity contribution in [1.29, 1.82) is 0 Å². The highest BCUT2D eigenvalue weighted by molar-refractivity contribution is 14.0. The molecule has 0 aliphatic heterocycles. The van der Waals surface area contributed by atoms with E-state index in [-0.39, 0.29) is 29.9 Å². The number of ether oxygens (including phenoxy) is 1. The molecule has 6 nitrogen and oxygen atoms in total. The lowest BCUT2D eigenvalue weighted by Crippen LogP contribution is -2.38. The van der Waals surface area contributed by atoms with Crippen molar-refractivity contribution < 1.29 is 9.53 Å². The molecule has 3 N–H and O–H groups in total. The molecule has 0 saturated heterocycles. The van der Waals surface area contributed by atoms with Crippen molar-refractivity contribution >= 4 is 46.6 Å². The van der Waals surface area contributed by atoms with Crippen LogP contribution < -0.4 is 20.7 Å². The van der Waals surface area contributed by atoms with Crippen molar-refractivity contribution in [2.24, 2.45) is 4.99 Å². The minimum absolute atomic E-state index is 0. The Hall–Kier alpha value is -2.81. The van der Waals surface area contributed by atoms with Gasteiger partial charge in [0.05, 0.1) is 13.7 Å². The Morgan fingerprint density at radius 1 is 0.969 bits per heavy atom. The Bertz CT molecular complexity index is 1070. The standard InChI is InChI=1S/C25H30N4O2.HI/c1-4-27-25(28-13-12-18-6-5-7-22(14-18)24(30)26-2)29-17-19-8-9-21-16-23(31-3)11-10-20(21)15-19;/h5-11,14-16H,4,12-13,17H2,1-3H3,(H,26,30)(H2,27,28,29);1H. The predicted octanol–water partition coefficient (Wildman–Crippen LogP) is 4.12. The molecule has 0 radical (unpaired) electrons. The number of hydrogen-bond donors (Lipinski definition) is 3. The molecule has 3 aromatic carbocycles. The number of methoxy groups -OCH3 is 1.